The van der Waals surface area contributed by atoms with E-state index < -0.39 is 0 Å². The summed E-state index contributed by atoms with van der Waals surface area (Å²) < 4.78 is 12.2. The van der Waals surface area contributed by atoms with Crippen LogP contribution >= 0.6 is 0 Å². The van der Waals surface area contributed by atoms with Gasteiger partial charge in [0.15, 0.2) is 5.76 Å². The van der Waals surface area contributed by atoms with Gasteiger partial charge in [-0.05, 0) is 12.1 Å². The Hall–Kier alpha value is -1.59. The quantitative estimate of drug-likeness (QED) is 0.769. The molecule has 0 bridgehead atoms. The lowest BCUT2D eigenvalue weighted by Crippen LogP contribution is -2.18. The highest BCUT2D eigenvalue weighted by atomic mass is 16.5. The van der Waals surface area contributed by atoms with Crippen LogP contribution in [0.4, 0.5) is 0 Å². The molecule has 1 N–H and O–H groups in total. The first-order chi connectivity index (χ1) is 8.31. The highest BCUT2D eigenvalue weighted by Gasteiger charge is 2.11. The molecule has 5 nitrogen and oxygen atoms in total. The number of rotatable bonds is 6. The van der Waals surface area contributed by atoms with Crippen LogP contribution in [0.2, 0.25) is 0 Å². The van der Waals surface area contributed by atoms with Crippen molar-refractivity contribution in [3.8, 4) is 11.5 Å². The second kappa shape index (κ2) is 5.65. The largest absolute Gasteiger partial charge is 0.463 e. The molecule has 0 unspecified atom stereocenters. The van der Waals surface area contributed by atoms with E-state index in [4.69, 9.17) is 9.15 Å². The van der Waals surface area contributed by atoms with Crippen LogP contribution in [-0.4, -0.2) is 30.0 Å². The third-order valence-corrected chi connectivity index (χ3v) is 2.46. The standard InChI is InChI=1S/C12H17N3O2/c1-15-9-10(8-13-5-7-16-2)12(14-15)11-4-3-6-17-11/h3-4,6,9,13H,5,7-8H2,1-2H3. The molecule has 0 fully saturated rings. The predicted molar refractivity (Wildman–Crippen MR) is 64.5 cm³/mol. The maximum absolute atomic E-state index is 5.37. The number of hydrogen-bond donors (Lipinski definition) is 1. The molecule has 0 spiro atoms. The summed E-state index contributed by atoms with van der Waals surface area (Å²) in [7, 11) is 3.60. The van der Waals surface area contributed by atoms with Crippen molar-refractivity contribution in [3.05, 3.63) is 30.2 Å². The molecule has 5 heteroatoms. The SMILES string of the molecule is COCCNCc1cn(C)nc1-c1ccco1. The van der Waals surface area contributed by atoms with Crippen LogP contribution in [0.3, 0.4) is 0 Å². The Kier molecular flexibility index (Phi) is 3.95. The normalized spacial score (nSPS) is 10.9. The molecule has 0 saturated heterocycles. The summed E-state index contributed by atoms with van der Waals surface area (Å²) in [5.74, 6) is 0.800. The molecular weight excluding hydrogens is 218 g/mol. The molecule has 17 heavy (non-hydrogen) atoms. The lowest BCUT2D eigenvalue weighted by atomic mass is 10.2. The predicted octanol–water partition coefficient (Wildman–Crippen LogP) is 1.42. The first-order valence-electron chi connectivity index (χ1n) is 5.57. The Morgan fingerprint density at radius 1 is 1.53 bits per heavy atom. The molecule has 0 saturated carbocycles. The zero-order valence-electron chi connectivity index (χ0n) is 10.1. The van der Waals surface area contributed by atoms with E-state index in [2.05, 4.69) is 10.4 Å². The molecule has 2 aromatic rings. The van der Waals surface area contributed by atoms with Gasteiger partial charge in [0.2, 0.25) is 0 Å². The highest BCUT2D eigenvalue weighted by molar-refractivity contribution is 5.56. The minimum absolute atomic E-state index is 0.705. The van der Waals surface area contributed by atoms with E-state index in [1.54, 1.807) is 18.1 Å². The van der Waals surface area contributed by atoms with Crippen LogP contribution in [0.5, 0.6) is 0 Å². The van der Waals surface area contributed by atoms with E-state index in [9.17, 15) is 0 Å². The van der Waals surface area contributed by atoms with Crippen LogP contribution in [0.1, 0.15) is 5.56 Å². The van der Waals surface area contributed by atoms with E-state index in [1.165, 1.54) is 0 Å². The number of furan rings is 1. The van der Waals surface area contributed by atoms with Crippen LogP contribution < -0.4 is 5.32 Å². The fraction of sp³-hybridized carbons (Fsp3) is 0.417. The number of ether oxygens (including phenoxy) is 1. The van der Waals surface area contributed by atoms with Gasteiger partial charge in [-0.25, -0.2) is 0 Å². The number of hydrogen-bond acceptors (Lipinski definition) is 4. The van der Waals surface area contributed by atoms with E-state index in [0.717, 1.165) is 30.1 Å². The molecule has 2 rings (SSSR count). The van der Waals surface area contributed by atoms with Gasteiger partial charge in [0.25, 0.3) is 0 Å². The molecule has 2 heterocycles. The molecule has 0 atom stereocenters. The van der Waals surface area contributed by atoms with Crippen molar-refractivity contribution in [2.75, 3.05) is 20.3 Å². The van der Waals surface area contributed by atoms with Crippen molar-refractivity contribution >= 4 is 0 Å². The number of aryl methyl sites for hydroxylation is 1. The fourth-order valence-electron chi connectivity index (χ4n) is 1.68. The van der Waals surface area contributed by atoms with E-state index >= 15 is 0 Å². The molecular formula is C12H17N3O2. The summed E-state index contributed by atoms with van der Waals surface area (Å²) in [6, 6.07) is 3.78. The second-order valence-corrected chi connectivity index (χ2v) is 3.82. The summed E-state index contributed by atoms with van der Waals surface area (Å²) in [6.07, 6.45) is 3.66. The van der Waals surface area contributed by atoms with Gasteiger partial charge in [-0.1, -0.05) is 0 Å². The Morgan fingerprint density at radius 2 is 2.41 bits per heavy atom. The smallest absolute Gasteiger partial charge is 0.154 e. The monoisotopic (exact) mass is 235 g/mol. The van der Waals surface area contributed by atoms with E-state index in [0.29, 0.717) is 6.61 Å². The summed E-state index contributed by atoms with van der Waals surface area (Å²) in [5.41, 5.74) is 2.01. The topological polar surface area (TPSA) is 52.2 Å². The van der Waals surface area contributed by atoms with Crippen molar-refractivity contribution in [2.24, 2.45) is 7.05 Å². The van der Waals surface area contributed by atoms with Gasteiger partial charge < -0.3 is 14.5 Å². The third kappa shape index (κ3) is 2.95. The number of nitrogens with one attached hydrogen (secondary N) is 1. The minimum atomic E-state index is 0.705. The van der Waals surface area contributed by atoms with Gasteiger partial charge in [0.1, 0.15) is 5.69 Å². The van der Waals surface area contributed by atoms with Gasteiger partial charge in [0, 0.05) is 39.0 Å². The molecule has 0 radical (unpaired) electrons. The van der Waals surface area contributed by atoms with Gasteiger partial charge in [-0.2, -0.15) is 5.10 Å². The van der Waals surface area contributed by atoms with Crippen LogP contribution in [0.15, 0.2) is 29.0 Å². The van der Waals surface area contributed by atoms with Gasteiger partial charge in [-0.15, -0.1) is 0 Å². The summed E-state index contributed by atoms with van der Waals surface area (Å²) >= 11 is 0. The van der Waals surface area contributed by atoms with Crippen LogP contribution in [0.25, 0.3) is 11.5 Å². The number of nitrogens with zero attached hydrogens (tertiary/aromatic N) is 2. The molecule has 0 aliphatic rings. The average molecular weight is 235 g/mol. The van der Waals surface area contributed by atoms with Crippen molar-refractivity contribution < 1.29 is 9.15 Å². The maximum atomic E-state index is 5.37. The molecule has 2 aromatic heterocycles. The first kappa shape index (κ1) is 11.9. The Bertz CT molecular complexity index is 448. The highest BCUT2D eigenvalue weighted by Crippen LogP contribution is 2.21. The van der Waals surface area contributed by atoms with E-state index in [1.807, 2.05) is 25.4 Å². The Labute approximate surface area is 100 Å². The summed E-state index contributed by atoms with van der Waals surface area (Å²) in [6.45, 7) is 2.28. The number of aromatic nitrogens is 2. The minimum Gasteiger partial charge on any atom is -0.463 e. The van der Waals surface area contributed by atoms with Gasteiger partial charge in [-0.3, -0.25) is 4.68 Å². The van der Waals surface area contributed by atoms with Crippen molar-refractivity contribution in [2.45, 2.75) is 6.54 Å². The van der Waals surface area contributed by atoms with Crippen molar-refractivity contribution in [3.63, 3.8) is 0 Å². The first-order valence-corrected chi connectivity index (χ1v) is 5.57. The molecule has 0 amide bonds. The molecule has 0 aliphatic heterocycles. The fourth-order valence-corrected chi connectivity index (χ4v) is 1.68. The van der Waals surface area contributed by atoms with Crippen LogP contribution in [-0.2, 0) is 18.3 Å². The molecule has 92 valence electrons. The molecule has 0 aromatic carbocycles. The average Bonchev–Trinajstić information content (AvgIpc) is 2.93. The van der Waals surface area contributed by atoms with Crippen molar-refractivity contribution in [1.29, 1.82) is 0 Å². The van der Waals surface area contributed by atoms with Gasteiger partial charge >= 0.3 is 0 Å². The van der Waals surface area contributed by atoms with Crippen molar-refractivity contribution in [1.82, 2.24) is 15.1 Å². The Balaban J connectivity index is 2.06. The van der Waals surface area contributed by atoms with Crippen LogP contribution in [0, 0.1) is 0 Å². The summed E-state index contributed by atoms with van der Waals surface area (Å²) in [4.78, 5) is 0. The Morgan fingerprint density at radius 3 is 3.12 bits per heavy atom. The molecule has 0 aliphatic carbocycles. The third-order valence-electron chi connectivity index (χ3n) is 2.46. The summed E-state index contributed by atoms with van der Waals surface area (Å²) in [5, 5.41) is 7.70. The zero-order chi connectivity index (χ0) is 12.1. The lowest BCUT2D eigenvalue weighted by Gasteiger charge is -2.02. The number of methoxy groups -OCH3 is 1. The van der Waals surface area contributed by atoms with Gasteiger partial charge in [0.05, 0.1) is 12.9 Å². The van der Waals surface area contributed by atoms with E-state index in [-0.39, 0.29) is 0 Å². The zero-order valence-corrected chi connectivity index (χ0v) is 10.1. The second-order valence-electron chi connectivity index (χ2n) is 3.82. The maximum Gasteiger partial charge on any atom is 0.154 e. The lowest BCUT2D eigenvalue weighted by molar-refractivity contribution is 0.199.